The molecule has 132 valence electrons. The maximum atomic E-state index is 11.9. The lowest BCUT2D eigenvalue weighted by Crippen LogP contribution is -2.38. The summed E-state index contributed by atoms with van der Waals surface area (Å²) >= 11 is 0. The van der Waals surface area contributed by atoms with E-state index < -0.39 is 10.0 Å². The summed E-state index contributed by atoms with van der Waals surface area (Å²) in [5.74, 6) is 0.725. The largest absolute Gasteiger partial charge is 0.355 e. The van der Waals surface area contributed by atoms with Crippen LogP contribution in [-0.2, 0) is 14.8 Å². The minimum absolute atomic E-state index is 0. The van der Waals surface area contributed by atoms with Gasteiger partial charge in [-0.05, 0) is 51.6 Å². The van der Waals surface area contributed by atoms with Crippen LogP contribution in [-0.4, -0.2) is 45.8 Å². The quantitative estimate of drug-likeness (QED) is 0.603. The molecule has 0 spiro atoms. The predicted octanol–water partition coefficient (Wildman–Crippen LogP) is 0.878. The number of sulfonamides is 1. The van der Waals surface area contributed by atoms with Gasteiger partial charge in [0.25, 0.3) is 0 Å². The zero-order chi connectivity index (χ0) is 15.9. The molecule has 22 heavy (non-hydrogen) atoms. The van der Waals surface area contributed by atoms with Gasteiger partial charge in [0, 0.05) is 19.0 Å². The highest BCUT2D eigenvalue weighted by Gasteiger charge is 2.22. The van der Waals surface area contributed by atoms with Crippen LogP contribution in [0.2, 0.25) is 0 Å². The molecule has 6 nitrogen and oxygen atoms in total. The van der Waals surface area contributed by atoms with E-state index in [-0.39, 0.29) is 36.7 Å². The molecule has 0 aromatic heterocycles. The molecule has 1 rings (SSSR count). The molecule has 1 aliphatic rings. The van der Waals surface area contributed by atoms with Crippen molar-refractivity contribution in [1.29, 1.82) is 0 Å². The lowest BCUT2D eigenvalue weighted by atomic mass is 9.85. The van der Waals surface area contributed by atoms with E-state index in [2.05, 4.69) is 22.3 Å². The van der Waals surface area contributed by atoms with Gasteiger partial charge in [0.15, 0.2) is 0 Å². The minimum Gasteiger partial charge on any atom is -0.355 e. The van der Waals surface area contributed by atoms with Crippen molar-refractivity contribution in [3.05, 3.63) is 0 Å². The average molecular weight is 356 g/mol. The Morgan fingerprint density at radius 1 is 1.32 bits per heavy atom. The highest BCUT2D eigenvalue weighted by molar-refractivity contribution is 7.89. The second-order valence-corrected chi connectivity index (χ2v) is 8.10. The number of carbonyl (C=O) groups excluding carboxylic acids is 1. The van der Waals surface area contributed by atoms with Crippen molar-refractivity contribution < 1.29 is 13.2 Å². The van der Waals surface area contributed by atoms with Crippen LogP contribution in [0.3, 0.4) is 0 Å². The van der Waals surface area contributed by atoms with E-state index in [1.807, 2.05) is 0 Å². The highest BCUT2D eigenvalue weighted by Crippen LogP contribution is 2.22. The van der Waals surface area contributed by atoms with E-state index in [9.17, 15) is 13.2 Å². The van der Waals surface area contributed by atoms with Crippen molar-refractivity contribution in [3.63, 3.8) is 0 Å². The van der Waals surface area contributed by atoms with Crippen molar-refractivity contribution in [2.45, 2.75) is 46.1 Å². The molecule has 3 N–H and O–H groups in total. The van der Waals surface area contributed by atoms with Crippen LogP contribution in [0.4, 0.5) is 0 Å². The van der Waals surface area contributed by atoms with Crippen LogP contribution >= 0.6 is 12.4 Å². The normalized spacial score (nSPS) is 20.3. The van der Waals surface area contributed by atoms with Gasteiger partial charge in [-0.2, -0.15) is 0 Å². The Morgan fingerprint density at radius 3 is 2.55 bits per heavy atom. The van der Waals surface area contributed by atoms with Gasteiger partial charge < -0.3 is 10.6 Å². The van der Waals surface area contributed by atoms with E-state index in [0.29, 0.717) is 18.3 Å². The zero-order valence-corrected chi connectivity index (χ0v) is 15.4. The van der Waals surface area contributed by atoms with Gasteiger partial charge in [-0.1, -0.05) is 6.92 Å². The average Bonchev–Trinajstić information content (AvgIpc) is 2.37. The van der Waals surface area contributed by atoms with Crippen molar-refractivity contribution in [2.24, 2.45) is 11.8 Å². The van der Waals surface area contributed by atoms with Crippen LogP contribution < -0.4 is 15.4 Å². The number of hydrogen-bond donors (Lipinski definition) is 3. The Hall–Kier alpha value is -0.370. The second kappa shape index (κ2) is 10.4. The molecule has 2 unspecified atom stereocenters. The Bertz CT molecular complexity index is 423. The first-order valence-corrected chi connectivity index (χ1v) is 9.43. The third-order valence-electron chi connectivity index (χ3n) is 3.76. The third-order valence-corrected chi connectivity index (χ3v) is 5.33. The molecule has 1 fully saturated rings. The maximum Gasteiger partial charge on any atom is 0.220 e. The molecule has 2 atom stereocenters. The number of piperidine rings is 1. The minimum atomic E-state index is -3.30. The summed E-state index contributed by atoms with van der Waals surface area (Å²) in [4.78, 5) is 11.9. The molecule has 0 radical (unpaired) electrons. The smallest absolute Gasteiger partial charge is 0.220 e. The molecule has 0 aromatic carbocycles. The fraction of sp³-hybridized carbons (Fsp3) is 0.929. The summed E-state index contributed by atoms with van der Waals surface area (Å²) < 4.78 is 25.7. The number of halogens is 1. The van der Waals surface area contributed by atoms with Gasteiger partial charge in [-0.3, -0.25) is 4.79 Å². The summed E-state index contributed by atoms with van der Waals surface area (Å²) in [6, 6.07) is -0.121. The van der Waals surface area contributed by atoms with E-state index in [4.69, 9.17) is 0 Å². The number of amides is 1. The second-order valence-electron chi connectivity index (χ2n) is 6.23. The summed E-state index contributed by atoms with van der Waals surface area (Å²) in [6.07, 6.45) is 2.79. The van der Waals surface area contributed by atoms with E-state index in [0.717, 1.165) is 25.9 Å². The first-order valence-electron chi connectivity index (χ1n) is 7.77. The van der Waals surface area contributed by atoms with Gasteiger partial charge >= 0.3 is 0 Å². The molecule has 0 bridgehead atoms. The highest BCUT2D eigenvalue weighted by atomic mass is 35.5. The predicted molar refractivity (Wildman–Crippen MR) is 91.7 cm³/mol. The topological polar surface area (TPSA) is 87.3 Å². The van der Waals surface area contributed by atoms with Crippen LogP contribution in [0, 0.1) is 11.8 Å². The van der Waals surface area contributed by atoms with Crippen LogP contribution in [0.25, 0.3) is 0 Å². The Kier molecular flexibility index (Phi) is 10.2. The van der Waals surface area contributed by atoms with Crippen molar-refractivity contribution in [3.8, 4) is 0 Å². The number of nitrogens with one attached hydrogen (secondary N) is 3. The van der Waals surface area contributed by atoms with Crippen LogP contribution in [0.1, 0.15) is 40.0 Å². The van der Waals surface area contributed by atoms with Gasteiger partial charge in [0.1, 0.15) is 0 Å². The van der Waals surface area contributed by atoms with E-state index >= 15 is 0 Å². The first-order chi connectivity index (χ1) is 9.80. The molecule has 1 amide bonds. The molecule has 0 aromatic rings. The van der Waals surface area contributed by atoms with Crippen LogP contribution in [0.15, 0.2) is 0 Å². The Balaban J connectivity index is 0.00000441. The number of rotatable bonds is 8. The third kappa shape index (κ3) is 8.92. The summed E-state index contributed by atoms with van der Waals surface area (Å²) in [5, 5.41) is 6.05. The number of hydrogen-bond acceptors (Lipinski definition) is 4. The fourth-order valence-corrected chi connectivity index (χ4v) is 3.85. The molecule has 1 aliphatic heterocycles. The van der Waals surface area contributed by atoms with Crippen molar-refractivity contribution in [2.75, 3.05) is 25.4 Å². The Labute approximate surface area is 140 Å². The molecular formula is C14H30ClN3O3S. The summed E-state index contributed by atoms with van der Waals surface area (Å²) in [7, 11) is -3.30. The number of carbonyl (C=O) groups is 1. The standard InChI is InChI=1S/C14H29N3O3S.ClH/c1-11(2)17-21(19,20)8-7-16-14(18)9-12(3)13-5-4-6-15-10-13;/h11-13,15,17H,4-10H2,1-3H3,(H,16,18);1H. The summed E-state index contributed by atoms with van der Waals surface area (Å²) in [6.45, 7) is 7.84. The molecule has 0 saturated carbocycles. The monoisotopic (exact) mass is 355 g/mol. The van der Waals surface area contributed by atoms with Gasteiger partial charge in [0.2, 0.25) is 15.9 Å². The van der Waals surface area contributed by atoms with Gasteiger partial charge in [-0.25, -0.2) is 13.1 Å². The first kappa shape index (κ1) is 21.6. The molecule has 1 saturated heterocycles. The Morgan fingerprint density at radius 2 is 2.00 bits per heavy atom. The molecular weight excluding hydrogens is 326 g/mol. The SMILES string of the molecule is CC(C)NS(=O)(=O)CCNC(=O)CC(C)C1CCCNC1.Cl. The summed E-state index contributed by atoms with van der Waals surface area (Å²) in [5.41, 5.74) is 0. The van der Waals surface area contributed by atoms with Gasteiger partial charge in [-0.15, -0.1) is 12.4 Å². The van der Waals surface area contributed by atoms with E-state index in [1.54, 1.807) is 13.8 Å². The molecule has 1 heterocycles. The van der Waals surface area contributed by atoms with Crippen molar-refractivity contribution in [1.82, 2.24) is 15.4 Å². The zero-order valence-electron chi connectivity index (χ0n) is 13.7. The van der Waals surface area contributed by atoms with E-state index in [1.165, 1.54) is 0 Å². The van der Waals surface area contributed by atoms with Crippen LogP contribution in [0.5, 0.6) is 0 Å². The van der Waals surface area contributed by atoms with Gasteiger partial charge in [0.05, 0.1) is 5.75 Å². The lowest BCUT2D eigenvalue weighted by Gasteiger charge is -2.28. The molecule has 8 heteroatoms. The molecule has 0 aliphatic carbocycles. The maximum absolute atomic E-state index is 11.9. The fourth-order valence-electron chi connectivity index (χ4n) is 2.64. The van der Waals surface area contributed by atoms with Crippen molar-refractivity contribution >= 4 is 28.3 Å². The lowest BCUT2D eigenvalue weighted by molar-refractivity contribution is -0.122.